The summed E-state index contributed by atoms with van der Waals surface area (Å²) in [6.07, 6.45) is 1.56. The molecule has 1 heterocycles. The van der Waals surface area contributed by atoms with Gasteiger partial charge in [-0.2, -0.15) is 5.10 Å². The van der Waals surface area contributed by atoms with Gasteiger partial charge in [-0.3, -0.25) is 9.59 Å². The van der Waals surface area contributed by atoms with Crippen LogP contribution in [-0.2, 0) is 10.5 Å². The van der Waals surface area contributed by atoms with Crippen LogP contribution in [0.5, 0.6) is 11.5 Å². The van der Waals surface area contributed by atoms with Gasteiger partial charge in [-0.15, -0.1) is 0 Å². The van der Waals surface area contributed by atoms with Gasteiger partial charge >= 0.3 is 0 Å². The van der Waals surface area contributed by atoms with E-state index in [1.54, 1.807) is 37.6 Å². The molecule has 5 aromatic rings. The predicted molar refractivity (Wildman–Crippen MR) is 168 cm³/mol. The Balaban J connectivity index is 1.13. The molecule has 0 atom stereocenters. The lowest BCUT2D eigenvalue weighted by molar-refractivity contribution is -0.118. The highest BCUT2D eigenvalue weighted by molar-refractivity contribution is 7.98. The third kappa shape index (κ3) is 7.60. The number of hydrazone groups is 1. The van der Waals surface area contributed by atoms with Crippen LogP contribution >= 0.6 is 11.8 Å². The van der Waals surface area contributed by atoms with E-state index in [0.29, 0.717) is 28.0 Å². The molecule has 0 aliphatic rings. The van der Waals surface area contributed by atoms with Crippen LogP contribution in [0, 0.1) is 13.8 Å². The van der Waals surface area contributed by atoms with Gasteiger partial charge in [0.2, 0.25) is 0 Å². The number of aromatic nitrogens is 1. The maximum atomic E-state index is 12.6. The van der Waals surface area contributed by atoms with E-state index in [-0.39, 0.29) is 18.4 Å². The Labute approximate surface area is 253 Å². The molecule has 4 aromatic carbocycles. The zero-order valence-corrected chi connectivity index (χ0v) is 24.7. The van der Waals surface area contributed by atoms with Crippen molar-refractivity contribution in [1.82, 2.24) is 10.4 Å². The molecule has 2 amide bonds. The van der Waals surface area contributed by atoms with E-state index in [1.165, 1.54) is 11.8 Å². The second-order valence-corrected chi connectivity index (χ2v) is 10.5. The van der Waals surface area contributed by atoms with Crippen LogP contribution < -0.4 is 20.2 Å². The number of thioether (sulfide) groups is 1. The molecule has 0 aliphatic carbocycles. The van der Waals surface area contributed by atoms with Gasteiger partial charge in [0.05, 0.1) is 13.3 Å². The number of oxazole rings is 1. The van der Waals surface area contributed by atoms with Crippen molar-refractivity contribution < 1.29 is 23.5 Å². The van der Waals surface area contributed by atoms with Gasteiger partial charge in [0.1, 0.15) is 17.0 Å². The summed E-state index contributed by atoms with van der Waals surface area (Å²) in [7, 11) is 1.62. The number of hydrogen-bond acceptors (Lipinski definition) is 8. The number of para-hydroxylation sites is 2. The zero-order valence-electron chi connectivity index (χ0n) is 23.9. The smallest absolute Gasteiger partial charge is 0.271 e. The molecule has 218 valence electrons. The van der Waals surface area contributed by atoms with Gasteiger partial charge in [0, 0.05) is 22.6 Å². The van der Waals surface area contributed by atoms with E-state index in [4.69, 9.17) is 13.9 Å². The lowest BCUT2D eigenvalue weighted by Crippen LogP contribution is -2.21. The number of carbonyl (C=O) groups is 2. The number of carbonyl (C=O) groups excluding carboxylic acids is 2. The summed E-state index contributed by atoms with van der Waals surface area (Å²) >= 11 is 1.47. The molecule has 0 spiro atoms. The van der Waals surface area contributed by atoms with Gasteiger partial charge in [0.15, 0.2) is 12.2 Å². The molecular weight excluding hydrogens is 564 g/mol. The number of nitrogens with zero attached hydrogens (tertiary/aromatic N) is 2. The highest BCUT2D eigenvalue weighted by Crippen LogP contribution is 2.30. The normalized spacial score (nSPS) is 11.0. The second-order valence-electron chi connectivity index (χ2n) is 9.62. The Kier molecular flexibility index (Phi) is 9.38. The maximum absolute atomic E-state index is 12.6. The summed E-state index contributed by atoms with van der Waals surface area (Å²) < 4.78 is 17.0. The van der Waals surface area contributed by atoms with Crippen LogP contribution in [0.2, 0.25) is 0 Å². The molecule has 9 nitrogen and oxygen atoms in total. The number of rotatable bonds is 11. The first-order chi connectivity index (χ1) is 20.9. The molecule has 10 heteroatoms. The van der Waals surface area contributed by atoms with Crippen molar-refractivity contribution in [2.75, 3.05) is 19.0 Å². The summed E-state index contributed by atoms with van der Waals surface area (Å²) in [5.74, 6) is 1.30. The number of ether oxygens (including phenoxy) is 2. The Morgan fingerprint density at radius 2 is 1.79 bits per heavy atom. The number of hydrogen-bond donors (Lipinski definition) is 2. The van der Waals surface area contributed by atoms with Gasteiger partial charge in [-0.05, 0) is 91.2 Å². The number of methoxy groups -OCH3 is 1. The lowest BCUT2D eigenvalue weighted by Gasteiger charge is -2.11. The van der Waals surface area contributed by atoms with Crippen molar-refractivity contribution in [3.63, 3.8) is 0 Å². The summed E-state index contributed by atoms with van der Waals surface area (Å²) in [5.41, 5.74) is 8.85. The monoisotopic (exact) mass is 594 g/mol. The maximum Gasteiger partial charge on any atom is 0.271 e. The molecule has 0 saturated carbocycles. The molecule has 0 bridgehead atoms. The van der Waals surface area contributed by atoms with Crippen LogP contribution in [-0.4, -0.2) is 36.7 Å². The first-order valence-electron chi connectivity index (χ1n) is 13.5. The average molecular weight is 595 g/mol. The third-order valence-electron chi connectivity index (χ3n) is 6.65. The Hall–Kier alpha value is -5.09. The largest absolute Gasteiger partial charge is 0.496 e. The van der Waals surface area contributed by atoms with Crippen LogP contribution in [0.25, 0.3) is 11.1 Å². The van der Waals surface area contributed by atoms with Crippen LogP contribution in [0.3, 0.4) is 0 Å². The molecule has 0 aliphatic heterocycles. The van der Waals surface area contributed by atoms with Crippen molar-refractivity contribution in [1.29, 1.82) is 0 Å². The standard InChI is InChI=1S/C33H30N4O5S/c1-21-7-6-10-28(22(21)2)41-19-31(38)35-26-14-12-24(13-15-26)32(39)37-34-18-23-11-16-29(40-3)25(17-23)20-43-33-36-27-8-4-5-9-30(27)42-33/h4-18H,19-20H2,1-3H3,(H,35,38)(H,37,39). The van der Waals surface area contributed by atoms with Crippen molar-refractivity contribution in [3.8, 4) is 11.5 Å². The number of aryl methyl sites for hydroxylation is 1. The predicted octanol–water partition coefficient (Wildman–Crippen LogP) is 6.53. The van der Waals surface area contributed by atoms with E-state index in [2.05, 4.69) is 20.8 Å². The first-order valence-corrected chi connectivity index (χ1v) is 14.5. The summed E-state index contributed by atoms with van der Waals surface area (Å²) in [6, 6.07) is 25.5. The molecule has 2 N–H and O–H groups in total. The molecule has 0 unspecified atom stereocenters. The molecular formula is C33H30N4O5S. The minimum Gasteiger partial charge on any atom is -0.496 e. The fourth-order valence-corrected chi connectivity index (χ4v) is 5.02. The number of anilines is 1. The fourth-order valence-electron chi connectivity index (χ4n) is 4.20. The Morgan fingerprint density at radius 3 is 2.58 bits per heavy atom. The van der Waals surface area contributed by atoms with Crippen molar-refractivity contribution >= 4 is 46.6 Å². The average Bonchev–Trinajstić information content (AvgIpc) is 3.44. The third-order valence-corrected chi connectivity index (χ3v) is 7.53. The topological polar surface area (TPSA) is 115 Å². The van der Waals surface area contributed by atoms with E-state index >= 15 is 0 Å². The minimum absolute atomic E-state index is 0.121. The summed E-state index contributed by atoms with van der Waals surface area (Å²) in [4.78, 5) is 29.5. The van der Waals surface area contributed by atoms with Crippen molar-refractivity contribution in [2.45, 2.75) is 24.8 Å². The Morgan fingerprint density at radius 1 is 0.977 bits per heavy atom. The van der Waals surface area contributed by atoms with E-state index in [9.17, 15) is 9.59 Å². The fraction of sp³-hybridized carbons (Fsp3) is 0.152. The van der Waals surface area contributed by atoms with Gasteiger partial charge in [-0.1, -0.05) is 36.0 Å². The highest BCUT2D eigenvalue weighted by atomic mass is 32.2. The zero-order chi connectivity index (χ0) is 30.2. The molecule has 0 fully saturated rings. The number of benzene rings is 4. The van der Waals surface area contributed by atoms with Crippen LogP contribution in [0.1, 0.15) is 32.6 Å². The van der Waals surface area contributed by atoms with Gasteiger partial charge < -0.3 is 19.2 Å². The summed E-state index contributed by atoms with van der Waals surface area (Å²) in [5, 5.41) is 7.46. The van der Waals surface area contributed by atoms with E-state index in [1.807, 2.05) is 74.5 Å². The number of nitrogens with one attached hydrogen (secondary N) is 2. The quantitative estimate of drug-likeness (QED) is 0.102. The number of fused-ring (bicyclic) bond motifs is 1. The van der Waals surface area contributed by atoms with Gasteiger partial charge in [0.25, 0.3) is 17.0 Å². The molecule has 43 heavy (non-hydrogen) atoms. The molecule has 0 saturated heterocycles. The number of amides is 2. The van der Waals surface area contributed by atoms with Crippen molar-refractivity contribution in [3.05, 3.63) is 113 Å². The molecule has 5 rings (SSSR count). The van der Waals surface area contributed by atoms with Gasteiger partial charge in [-0.25, -0.2) is 10.4 Å². The SMILES string of the molecule is COc1ccc(C=NNC(=O)c2ccc(NC(=O)COc3cccc(C)c3C)cc2)cc1CSc1nc2ccccc2o1. The second kappa shape index (κ2) is 13.7. The first kappa shape index (κ1) is 29.4. The van der Waals surface area contributed by atoms with E-state index < -0.39 is 0 Å². The minimum atomic E-state index is -0.382. The van der Waals surface area contributed by atoms with E-state index in [0.717, 1.165) is 39.1 Å². The van der Waals surface area contributed by atoms with Crippen LogP contribution in [0.4, 0.5) is 5.69 Å². The van der Waals surface area contributed by atoms with Crippen molar-refractivity contribution in [2.24, 2.45) is 5.10 Å². The Bertz CT molecular complexity index is 1750. The molecule has 0 radical (unpaired) electrons. The lowest BCUT2D eigenvalue weighted by atomic mass is 10.1. The highest BCUT2D eigenvalue weighted by Gasteiger charge is 2.11. The van der Waals surface area contributed by atoms with Crippen LogP contribution in [0.15, 0.2) is 99.7 Å². The molecule has 1 aromatic heterocycles. The summed E-state index contributed by atoms with van der Waals surface area (Å²) in [6.45, 7) is 3.82.